The molecule has 0 saturated carbocycles. The molecule has 11 heteroatoms. The second kappa shape index (κ2) is 9.29. The van der Waals surface area contributed by atoms with E-state index in [0.717, 1.165) is 11.3 Å². The molecule has 0 saturated heterocycles. The van der Waals surface area contributed by atoms with Gasteiger partial charge in [0.05, 0.1) is 24.1 Å². The van der Waals surface area contributed by atoms with Crippen LogP contribution in [-0.2, 0) is 17.7 Å². The van der Waals surface area contributed by atoms with Crippen LogP contribution in [0.15, 0.2) is 24.5 Å². The van der Waals surface area contributed by atoms with Gasteiger partial charge in [-0.2, -0.15) is 18.3 Å². The van der Waals surface area contributed by atoms with E-state index in [0.29, 0.717) is 35.3 Å². The van der Waals surface area contributed by atoms with E-state index in [1.54, 1.807) is 23.9 Å². The molecule has 0 aliphatic carbocycles. The summed E-state index contributed by atoms with van der Waals surface area (Å²) in [6.07, 6.45) is -0.806. The highest BCUT2D eigenvalue weighted by molar-refractivity contribution is 6.01. The minimum absolute atomic E-state index is 0.0357. The summed E-state index contributed by atoms with van der Waals surface area (Å²) in [4.78, 5) is 19.7. The number of rotatable bonds is 9. The van der Waals surface area contributed by atoms with E-state index >= 15 is 0 Å². The van der Waals surface area contributed by atoms with E-state index < -0.39 is 18.8 Å². The lowest BCUT2D eigenvalue weighted by atomic mass is 10.1. The fourth-order valence-electron chi connectivity index (χ4n) is 3.21. The van der Waals surface area contributed by atoms with Crippen molar-refractivity contribution in [2.45, 2.75) is 33.0 Å². The number of hydrogen-bond donors (Lipinski definition) is 1. The number of nitrogens with zero attached hydrogens (tertiary/aromatic N) is 4. The molecule has 3 aromatic rings. The Bertz CT molecular complexity index is 1080. The molecule has 3 heterocycles. The van der Waals surface area contributed by atoms with E-state index in [1.807, 2.05) is 13.0 Å². The lowest BCUT2D eigenvalue weighted by molar-refractivity contribution is -0.175. The number of aryl methyl sites for hydroxylation is 2. The maximum Gasteiger partial charge on any atom is 0.411 e. The van der Waals surface area contributed by atoms with Crippen molar-refractivity contribution in [3.63, 3.8) is 0 Å². The Morgan fingerprint density at radius 3 is 2.68 bits per heavy atom. The number of fused-ring (bicyclic) bond motifs is 1. The molecule has 0 amide bonds. The van der Waals surface area contributed by atoms with Crippen LogP contribution in [0, 0.1) is 6.92 Å². The van der Waals surface area contributed by atoms with E-state index in [9.17, 15) is 23.1 Å². The maximum atomic E-state index is 12.1. The highest BCUT2D eigenvalue weighted by atomic mass is 19.4. The Hall–Kier alpha value is -3.21. The monoisotopic (exact) mass is 438 g/mol. The third-order valence-electron chi connectivity index (χ3n) is 4.45. The molecule has 0 fully saturated rings. The largest absolute Gasteiger partial charge is 0.476 e. The Labute approximate surface area is 175 Å². The van der Waals surface area contributed by atoms with Crippen LogP contribution >= 0.6 is 0 Å². The van der Waals surface area contributed by atoms with Gasteiger partial charge in [-0.15, -0.1) is 0 Å². The lowest BCUT2D eigenvalue weighted by Gasteiger charge is -2.12. The van der Waals surface area contributed by atoms with Gasteiger partial charge in [-0.05, 0) is 31.0 Å². The fraction of sp³-hybridized carbons (Fsp3) is 0.400. The number of alkyl halides is 3. The van der Waals surface area contributed by atoms with E-state index in [2.05, 4.69) is 19.8 Å². The molecule has 0 unspecified atom stereocenters. The zero-order valence-corrected chi connectivity index (χ0v) is 16.9. The van der Waals surface area contributed by atoms with Crippen LogP contribution in [0.4, 0.5) is 13.2 Å². The van der Waals surface area contributed by atoms with Crippen molar-refractivity contribution in [3.05, 3.63) is 47.0 Å². The van der Waals surface area contributed by atoms with Gasteiger partial charge in [0.15, 0.2) is 5.69 Å². The van der Waals surface area contributed by atoms with Gasteiger partial charge in [0.2, 0.25) is 5.88 Å². The number of aromatic nitrogens is 4. The highest BCUT2D eigenvalue weighted by Crippen LogP contribution is 2.24. The van der Waals surface area contributed by atoms with E-state index in [-0.39, 0.29) is 18.9 Å². The Morgan fingerprint density at radius 1 is 1.26 bits per heavy atom. The predicted octanol–water partition coefficient (Wildman–Crippen LogP) is 3.40. The summed E-state index contributed by atoms with van der Waals surface area (Å²) < 4.78 is 47.8. The molecule has 0 aliphatic heterocycles. The third kappa shape index (κ3) is 5.48. The molecule has 0 aliphatic rings. The van der Waals surface area contributed by atoms with Gasteiger partial charge >= 0.3 is 12.1 Å². The summed E-state index contributed by atoms with van der Waals surface area (Å²) in [6.45, 7) is 2.46. The van der Waals surface area contributed by atoms with Crippen LogP contribution in [-0.4, -0.2) is 56.8 Å². The van der Waals surface area contributed by atoms with Crippen LogP contribution in [0.2, 0.25) is 0 Å². The Morgan fingerprint density at radius 2 is 2.03 bits per heavy atom. The summed E-state index contributed by atoms with van der Waals surface area (Å²) in [5.41, 5.74) is 2.78. The first-order valence-electron chi connectivity index (χ1n) is 9.50. The van der Waals surface area contributed by atoms with Crippen molar-refractivity contribution >= 4 is 16.9 Å². The average Bonchev–Trinajstić information content (AvgIpc) is 3.05. The predicted molar refractivity (Wildman–Crippen MR) is 104 cm³/mol. The quantitative estimate of drug-likeness (QED) is 0.511. The molecule has 0 bridgehead atoms. The minimum Gasteiger partial charge on any atom is -0.476 e. The van der Waals surface area contributed by atoms with Gasteiger partial charge in [-0.1, -0.05) is 6.92 Å². The molecule has 0 aromatic carbocycles. The summed E-state index contributed by atoms with van der Waals surface area (Å²) >= 11 is 0. The maximum absolute atomic E-state index is 12.1. The first kappa shape index (κ1) is 22.5. The van der Waals surface area contributed by atoms with Crippen molar-refractivity contribution in [2.24, 2.45) is 0 Å². The van der Waals surface area contributed by atoms with Crippen molar-refractivity contribution in [1.29, 1.82) is 0 Å². The van der Waals surface area contributed by atoms with Crippen molar-refractivity contribution in [3.8, 4) is 5.88 Å². The highest BCUT2D eigenvalue weighted by Gasteiger charge is 2.27. The molecule has 0 radical (unpaired) electrons. The summed E-state index contributed by atoms with van der Waals surface area (Å²) in [6, 6.07) is 3.50. The second-order valence-corrected chi connectivity index (χ2v) is 6.80. The van der Waals surface area contributed by atoms with Crippen LogP contribution in [0.5, 0.6) is 5.88 Å². The van der Waals surface area contributed by atoms with Gasteiger partial charge in [-0.3, -0.25) is 4.68 Å². The number of carbonyl (C=O) groups is 1. The second-order valence-electron chi connectivity index (χ2n) is 6.80. The summed E-state index contributed by atoms with van der Waals surface area (Å²) in [5, 5.41) is 14.4. The van der Waals surface area contributed by atoms with Gasteiger partial charge in [0, 0.05) is 23.7 Å². The van der Waals surface area contributed by atoms with Gasteiger partial charge in [0.1, 0.15) is 13.2 Å². The molecule has 3 rings (SSSR count). The Kier molecular flexibility index (Phi) is 6.74. The lowest BCUT2D eigenvalue weighted by Crippen LogP contribution is -2.19. The molecule has 0 spiro atoms. The topological polar surface area (TPSA) is 99.4 Å². The van der Waals surface area contributed by atoms with Crippen LogP contribution in [0.25, 0.3) is 10.9 Å². The number of pyridine rings is 2. The standard InChI is InChI=1S/C20H21F3N4O4/c1-3-15-16-14(4-5-24-17(16)19(28)29)26-27(15)10-13-8-12(2)18(25-9-13)31-7-6-30-11-20(21,22)23/h4-5,8-9H,3,6-7,10-11H2,1-2H3,(H,28,29). The number of aromatic carboxylic acids is 1. The molecule has 0 atom stereocenters. The number of hydrogen-bond acceptors (Lipinski definition) is 6. The summed E-state index contributed by atoms with van der Waals surface area (Å²) in [5.74, 6) is -0.809. The fourth-order valence-corrected chi connectivity index (χ4v) is 3.21. The van der Waals surface area contributed by atoms with Crippen molar-refractivity contribution in [1.82, 2.24) is 19.7 Å². The first-order valence-corrected chi connectivity index (χ1v) is 9.50. The average molecular weight is 438 g/mol. The SMILES string of the molecule is CCc1c2c(C(=O)O)nccc2nn1Cc1cnc(OCCOCC(F)(F)F)c(C)c1. The van der Waals surface area contributed by atoms with Crippen molar-refractivity contribution in [2.75, 3.05) is 19.8 Å². The molecule has 31 heavy (non-hydrogen) atoms. The smallest absolute Gasteiger partial charge is 0.411 e. The van der Waals surface area contributed by atoms with Crippen LogP contribution in [0.3, 0.4) is 0 Å². The number of ether oxygens (including phenoxy) is 2. The number of halogens is 3. The zero-order valence-electron chi connectivity index (χ0n) is 16.9. The van der Waals surface area contributed by atoms with Gasteiger partial charge in [0.25, 0.3) is 0 Å². The minimum atomic E-state index is -4.37. The number of carboxylic acid groups (broad SMARTS) is 1. The molecular formula is C20H21F3N4O4. The third-order valence-corrected chi connectivity index (χ3v) is 4.45. The number of carboxylic acids is 1. The molecule has 166 valence electrons. The summed E-state index contributed by atoms with van der Waals surface area (Å²) in [7, 11) is 0. The van der Waals surface area contributed by atoms with E-state index in [1.165, 1.54) is 6.20 Å². The van der Waals surface area contributed by atoms with Crippen molar-refractivity contribution < 1.29 is 32.5 Å². The molecular weight excluding hydrogens is 417 g/mol. The molecule has 8 nitrogen and oxygen atoms in total. The van der Waals surface area contributed by atoms with Crippen LogP contribution < -0.4 is 4.74 Å². The molecule has 1 N–H and O–H groups in total. The van der Waals surface area contributed by atoms with Crippen LogP contribution in [0.1, 0.15) is 34.2 Å². The van der Waals surface area contributed by atoms with Gasteiger partial charge < -0.3 is 14.6 Å². The zero-order chi connectivity index (χ0) is 22.6. The molecule has 3 aromatic heterocycles. The van der Waals surface area contributed by atoms with Gasteiger partial charge in [-0.25, -0.2) is 14.8 Å². The first-order chi connectivity index (χ1) is 14.7. The normalized spacial score (nSPS) is 11.8. The Balaban J connectivity index is 1.72. The van der Waals surface area contributed by atoms with E-state index in [4.69, 9.17) is 4.74 Å².